The monoisotopic (exact) mass is 326 g/mol. The van der Waals surface area contributed by atoms with Crippen molar-refractivity contribution in [3.8, 4) is 0 Å². The molecule has 0 aliphatic carbocycles. The van der Waals surface area contributed by atoms with E-state index in [0.717, 1.165) is 11.6 Å². The number of nitrogens with one attached hydrogen (secondary N) is 2. The van der Waals surface area contributed by atoms with E-state index in [2.05, 4.69) is 20.3 Å². The van der Waals surface area contributed by atoms with E-state index in [0.29, 0.717) is 28.3 Å². The van der Waals surface area contributed by atoms with Gasteiger partial charge in [0.1, 0.15) is 22.9 Å². The van der Waals surface area contributed by atoms with Crippen molar-refractivity contribution < 1.29 is 13.2 Å². The summed E-state index contributed by atoms with van der Waals surface area (Å²) in [4.78, 5) is 10.1. The zero-order chi connectivity index (χ0) is 15.7. The second kappa shape index (κ2) is 5.49. The molecule has 2 aromatic heterocycles. The van der Waals surface area contributed by atoms with Crippen LogP contribution in [0.4, 0.5) is 19.0 Å². The van der Waals surface area contributed by atoms with E-state index in [1.54, 1.807) is 18.2 Å². The minimum atomic E-state index is -4.38. The number of H-pyrrole nitrogens is 1. The molecule has 0 unspecified atom stereocenters. The molecule has 2 N–H and O–H groups in total. The number of nitrogens with zero attached hydrogens (tertiary/aromatic N) is 2. The summed E-state index contributed by atoms with van der Waals surface area (Å²) in [6.45, 7) is 0.388. The van der Waals surface area contributed by atoms with Gasteiger partial charge in [0.25, 0.3) is 0 Å². The summed E-state index contributed by atoms with van der Waals surface area (Å²) in [6, 6.07) is 6.13. The number of aromatic nitrogens is 3. The van der Waals surface area contributed by atoms with Crippen LogP contribution in [-0.2, 0) is 12.7 Å². The van der Waals surface area contributed by atoms with E-state index in [4.69, 9.17) is 11.6 Å². The molecule has 0 atom stereocenters. The van der Waals surface area contributed by atoms with Gasteiger partial charge in [-0.3, -0.25) is 0 Å². The van der Waals surface area contributed by atoms with Gasteiger partial charge in [-0.2, -0.15) is 13.2 Å². The number of halogens is 4. The van der Waals surface area contributed by atoms with Gasteiger partial charge >= 0.3 is 6.18 Å². The van der Waals surface area contributed by atoms with Crippen LogP contribution in [0.3, 0.4) is 0 Å². The lowest BCUT2D eigenvalue weighted by Crippen LogP contribution is -2.04. The third kappa shape index (κ3) is 2.99. The molecule has 8 heteroatoms. The Bertz CT molecular complexity index is 813. The highest BCUT2D eigenvalue weighted by Crippen LogP contribution is 2.31. The number of alkyl halides is 3. The molecule has 2 heterocycles. The zero-order valence-corrected chi connectivity index (χ0v) is 11.8. The largest absolute Gasteiger partial charge is 0.431 e. The highest BCUT2D eigenvalue weighted by Gasteiger charge is 2.32. The quantitative estimate of drug-likeness (QED) is 0.757. The molecular formula is C14H10ClF3N4. The maximum Gasteiger partial charge on any atom is 0.431 e. The fourth-order valence-electron chi connectivity index (χ4n) is 2.07. The molecule has 4 nitrogen and oxygen atoms in total. The van der Waals surface area contributed by atoms with Gasteiger partial charge in [-0.05, 0) is 23.8 Å². The molecule has 0 aliphatic heterocycles. The van der Waals surface area contributed by atoms with Gasteiger partial charge in [0.05, 0.1) is 6.20 Å². The Hall–Kier alpha value is -2.28. The van der Waals surface area contributed by atoms with Gasteiger partial charge in [0.2, 0.25) is 0 Å². The molecule has 0 spiro atoms. The molecule has 0 saturated heterocycles. The van der Waals surface area contributed by atoms with Crippen molar-refractivity contribution in [1.29, 1.82) is 0 Å². The number of anilines is 1. The summed E-state index contributed by atoms with van der Waals surface area (Å²) in [5, 5.41) is 3.90. The van der Waals surface area contributed by atoms with E-state index in [1.807, 2.05) is 0 Å². The maximum absolute atomic E-state index is 12.7. The van der Waals surface area contributed by atoms with Gasteiger partial charge < -0.3 is 10.3 Å². The number of aromatic amines is 1. The van der Waals surface area contributed by atoms with E-state index >= 15 is 0 Å². The van der Waals surface area contributed by atoms with Crippen LogP contribution in [-0.4, -0.2) is 15.0 Å². The van der Waals surface area contributed by atoms with Gasteiger partial charge in [0.15, 0.2) is 0 Å². The van der Waals surface area contributed by atoms with E-state index in [9.17, 15) is 13.2 Å². The SMILES string of the molecule is FC(F)(F)c1cc2cc(CNc3ncncc3Cl)ccc2[nH]1. The molecule has 0 radical (unpaired) electrons. The molecule has 114 valence electrons. The Balaban J connectivity index is 1.82. The van der Waals surface area contributed by atoms with Crippen LogP contribution in [0.1, 0.15) is 11.3 Å². The van der Waals surface area contributed by atoms with Crippen molar-refractivity contribution in [2.24, 2.45) is 0 Å². The molecule has 0 bridgehead atoms. The van der Waals surface area contributed by atoms with Gasteiger partial charge in [0, 0.05) is 17.4 Å². The van der Waals surface area contributed by atoms with Crippen molar-refractivity contribution >= 4 is 28.3 Å². The summed E-state index contributed by atoms with van der Waals surface area (Å²) >= 11 is 5.92. The molecule has 0 amide bonds. The molecule has 0 fully saturated rings. The molecular weight excluding hydrogens is 317 g/mol. The van der Waals surface area contributed by atoms with Crippen LogP contribution in [0, 0.1) is 0 Å². The summed E-state index contributed by atoms with van der Waals surface area (Å²) in [5.41, 5.74) is 0.498. The minimum Gasteiger partial charge on any atom is -0.365 e. The number of hydrogen-bond donors (Lipinski definition) is 2. The Morgan fingerprint density at radius 1 is 1.23 bits per heavy atom. The molecule has 3 rings (SSSR count). The number of fused-ring (bicyclic) bond motifs is 1. The average Bonchev–Trinajstić information content (AvgIpc) is 2.90. The summed E-state index contributed by atoms with van der Waals surface area (Å²) in [6.07, 6.45) is -1.56. The number of rotatable bonds is 3. The summed E-state index contributed by atoms with van der Waals surface area (Å²) in [5.74, 6) is 0.474. The van der Waals surface area contributed by atoms with Crippen molar-refractivity contribution in [2.75, 3.05) is 5.32 Å². The Kier molecular flexibility index (Phi) is 3.66. The third-order valence-corrected chi connectivity index (χ3v) is 3.39. The standard InChI is InChI=1S/C14H10ClF3N4/c15-10-6-19-7-21-13(10)20-5-8-1-2-11-9(3-8)4-12(22-11)14(16,17)18/h1-4,6-7,22H,5H2,(H,19,20,21). The lowest BCUT2D eigenvalue weighted by Gasteiger charge is -2.06. The first-order valence-corrected chi connectivity index (χ1v) is 6.69. The number of benzene rings is 1. The van der Waals surface area contributed by atoms with Gasteiger partial charge in [-0.15, -0.1) is 0 Å². The van der Waals surface area contributed by atoms with Crippen LogP contribution in [0.25, 0.3) is 10.9 Å². The predicted octanol–water partition coefficient (Wildman–Crippen LogP) is 4.24. The van der Waals surface area contributed by atoms with Crippen LogP contribution in [0.2, 0.25) is 5.02 Å². The maximum atomic E-state index is 12.7. The van der Waals surface area contributed by atoms with Gasteiger partial charge in [-0.1, -0.05) is 17.7 Å². The first-order valence-electron chi connectivity index (χ1n) is 6.32. The summed E-state index contributed by atoms with van der Waals surface area (Å²) in [7, 11) is 0. The highest BCUT2D eigenvalue weighted by atomic mass is 35.5. The summed E-state index contributed by atoms with van der Waals surface area (Å²) < 4.78 is 38.0. The Morgan fingerprint density at radius 3 is 2.77 bits per heavy atom. The van der Waals surface area contributed by atoms with Crippen LogP contribution in [0.5, 0.6) is 0 Å². The van der Waals surface area contributed by atoms with Gasteiger partial charge in [-0.25, -0.2) is 9.97 Å². The fourth-order valence-corrected chi connectivity index (χ4v) is 2.25. The highest BCUT2D eigenvalue weighted by molar-refractivity contribution is 6.32. The van der Waals surface area contributed by atoms with Crippen molar-refractivity contribution in [1.82, 2.24) is 15.0 Å². The van der Waals surface area contributed by atoms with Crippen LogP contribution in [0.15, 0.2) is 36.8 Å². The third-order valence-electron chi connectivity index (χ3n) is 3.12. The molecule has 0 saturated carbocycles. The van der Waals surface area contributed by atoms with Crippen LogP contribution >= 0.6 is 11.6 Å². The Morgan fingerprint density at radius 2 is 2.05 bits per heavy atom. The van der Waals surface area contributed by atoms with E-state index < -0.39 is 11.9 Å². The topological polar surface area (TPSA) is 53.6 Å². The molecule has 3 aromatic rings. The van der Waals surface area contributed by atoms with Crippen molar-refractivity contribution in [2.45, 2.75) is 12.7 Å². The van der Waals surface area contributed by atoms with Crippen molar-refractivity contribution in [3.63, 3.8) is 0 Å². The normalized spacial score (nSPS) is 11.8. The van der Waals surface area contributed by atoms with E-state index in [1.165, 1.54) is 12.5 Å². The predicted molar refractivity (Wildman–Crippen MR) is 77.7 cm³/mol. The molecule has 22 heavy (non-hydrogen) atoms. The van der Waals surface area contributed by atoms with E-state index in [-0.39, 0.29) is 0 Å². The Labute approximate surface area is 128 Å². The molecule has 0 aliphatic rings. The van der Waals surface area contributed by atoms with Crippen LogP contribution < -0.4 is 5.32 Å². The lowest BCUT2D eigenvalue weighted by molar-refractivity contribution is -0.140. The first-order chi connectivity index (χ1) is 10.4. The molecule has 1 aromatic carbocycles. The lowest BCUT2D eigenvalue weighted by atomic mass is 10.1. The smallest absolute Gasteiger partial charge is 0.365 e. The van der Waals surface area contributed by atoms with Crippen molar-refractivity contribution in [3.05, 3.63) is 53.1 Å². The fraction of sp³-hybridized carbons (Fsp3) is 0.143. The second-order valence-corrected chi connectivity index (χ2v) is 5.08. The first kappa shape index (κ1) is 14.6. The zero-order valence-electron chi connectivity index (χ0n) is 11.1. The number of hydrogen-bond acceptors (Lipinski definition) is 3. The second-order valence-electron chi connectivity index (χ2n) is 4.68. The average molecular weight is 327 g/mol. The minimum absolute atomic E-state index is 0.379.